The minimum atomic E-state index is -0.673. The van der Waals surface area contributed by atoms with Crippen molar-refractivity contribution in [2.45, 2.75) is 16.6 Å². The summed E-state index contributed by atoms with van der Waals surface area (Å²) in [6.07, 6.45) is 1.67. The van der Waals surface area contributed by atoms with Gasteiger partial charge in [-0.05, 0) is 36.0 Å². The predicted molar refractivity (Wildman–Crippen MR) is 99.4 cm³/mol. The van der Waals surface area contributed by atoms with Gasteiger partial charge in [-0.15, -0.1) is 16.8 Å². The molecule has 1 heterocycles. The van der Waals surface area contributed by atoms with Gasteiger partial charge in [-0.25, -0.2) is 4.39 Å². The Hall–Kier alpha value is -3.20. The minimum Gasteiger partial charge on any atom is -0.496 e. The van der Waals surface area contributed by atoms with Crippen molar-refractivity contribution < 1.29 is 14.1 Å². The Morgan fingerprint density at radius 3 is 2.81 bits per heavy atom. The third-order valence-corrected chi connectivity index (χ3v) is 4.75. The van der Waals surface area contributed by atoms with Gasteiger partial charge < -0.3 is 4.74 Å². The number of nitro groups is 1. The van der Waals surface area contributed by atoms with Crippen LogP contribution in [0, 0.1) is 15.9 Å². The van der Waals surface area contributed by atoms with Gasteiger partial charge in [-0.2, -0.15) is 0 Å². The summed E-state index contributed by atoms with van der Waals surface area (Å²) in [6, 6.07) is 10.8. The van der Waals surface area contributed by atoms with Crippen LogP contribution in [0.5, 0.6) is 5.75 Å². The molecule has 0 spiro atoms. The van der Waals surface area contributed by atoms with E-state index in [9.17, 15) is 14.5 Å². The zero-order valence-electron chi connectivity index (χ0n) is 14.3. The molecule has 0 radical (unpaired) electrons. The first kappa shape index (κ1) is 18.6. The third-order valence-electron chi connectivity index (χ3n) is 3.70. The van der Waals surface area contributed by atoms with Crippen molar-refractivity contribution in [2.24, 2.45) is 0 Å². The molecule has 0 fully saturated rings. The highest BCUT2D eigenvalue weighted by Gasteiger charge is 2.21. The van der Waals surface area contributed by atoms with Crippen LogP contribution in [0.3, 0.4) is 0 Å². The average molecular weight is 386 g/mol. The number of rotatable bonds is 7. The summed E-state index contributed by atoms with van der Waals surface area (Å²) >= 11 is 1.04. The number of ether oxygens (including phenoxy) is 1. The smallest absolute Gasteiger partial charge is 0.286 e. The van der Waals surface area contributed by atoms with Crippen LogP contribution in [0.1, 0.15) is 0 Å². The van der Waals surface area contributed by atoms with Crippen LogP contribution in [0.2, 0.25) is 0 Å². The molecule has 0 atom stereocenters. The van der Waals surface area contributed by atoms with Gasteiger partial charge in [0.2, 0.25) is 0 Å². The predicted octanol–water partition coefficient (Wildman–Crippen LogP) is 4.34. The molecule has 0 aliphatic carbocycles. The Morgan fingerprint density at radius 1 is 1.33 bits per heavy atom. The van der Waals surface area contributed by atoms with Crippen molar-refractivity contribution in [1.29, 1.82) is 0 Å². The molecule has 0 aliphatic heterocycles. The van der Waals surface area contributed by atoms with Gasteiger partial charge in [-0.3, -0.25) is 14.7 Å². The second-order valence-electron chi connectivity index (χ2n) is 5.38. The van der Waals surface area contributed by atoms with Crippen LogP contribution in [-0.2, 0) is 6.54 Å². The van der Waals surface area contributed by atoms with E-state index in [0.717, 1.165) is 23.4 Å². The van der Waals surface area contributed by atoms with E-state index in [-0.39, 0.29) is 10.6 Å². The minimum absolute atomic E-state index is 0.269. The van der Waals surface area contributed by atoms with Crippen LogP contribution in [-0.4, -0.2) is 26.8 Å². The molecular formula is C18H15FN4O3S. The van der Waals surface area contributed by atoms with Crippen molar-refractivity contribution in [2.75, 3.05) is 7.11 Å². The molecule has 9 heteroatoms. The van der Waals surface area contributed by atoms with Crippen molar-refractivity contribution >= 4 is 17.4 Å². The molecule has 2 aromatic carbocycles. The normalized spacial score (nSPS) is 10.6. The maximum absolute atomic E-state index is 13.4. The zero-order valence-corrected chi connectivity index (χ0v) is 15.1. The fourth-order valence-corrected chi connectivity index (χ4v) is 3.43. The van der Waals surface area contributed by atoms with Crippen LogP contribution in [0.4, 0.5) is 10.1 Å². The van der Waals surface area contributed by atoms with Crippen LogP contribution >= 0.6 is 11.8 Å². The molecular weight excluding hydrogens is 371 g/mol. The standard InChI is InChI=1S/C18H15FN4O3S/c1-3-10-22-17(13-6-4-5-7-15(13)26-2)20-21-18(22)27-16-9-8-12(19)11-14(16)23(24)25/h3-9,11H,1,10H2,2H3. The van der Waals surface area contributed by atoms with Crippen LogP contribution < -0.4 is 4.74 Å². The number of aromatic nitrogens is 3. The van der Waals surface area contributed by atoms with E-state index in [1.165, 1.54) is 12.1 Å². The highest BCUT2D eigenvalue weighted by Crippen LogP contribution is 2.37. The largest absolute Gasteiger partial charge is 0.496 e. The lowest BCUT2D eigenvalue weighted by Gasteiger charge is -2.10. The lowest BCUT2D eigenvalue weighted by molar-refractivity contribution is -0.387. The molecule has 0 saturated carbocycles. The SMILES string of the molecule is C=CCn1c(Sc2ccc(F)cc2[N+](=O)[O-])nnc1-c1ccccc1OC. The first-order valence-electron chi connectivity index (χ1n) is 7.84. The summed E-state index contributed by atoms with van der Waals surface area (Å²) in [4.78, 5) is 10.9. The third kappa shape index (κ3) is 3.82. The lowest BCUT2D eigenvalue weighted by Crippen LogP contribution is -2.02. The molecule has 138 valence electrons. The molecule has 0 bridgehead atoms. The first-order valence-corrected chi connectivity index (χ1v) is 8.66. The maximum Gasteiger partial charge on any atom is 0.286 e. The number of nitrogens with zero attached hydrogens (tertiary/aromatic N) is 4. The van der Waals surface area contributed by atoms with E-state index in [4.69, 9.17) is 4.74 Å². The van der Waals surface area contributed by atoms with Crippen molar-refractivity contribution in [3.05, 3.63) is 71.1 Å². The quantitative estimate of drug-likeness (QED) is 0.341. The number of nitro benzene ring substituents is 1. The van der Waals surface area contributed by atoms with E-state index in [0.29, 0.717) is 23.3 Å². The van der Waals surface area contributed by atoms with Crippen LogP contribution in [0.25, 0.3) is 11.4 Å². The highest BCUT2D eigenvalue weighted by molar-refractivity contribution is 7.99. The highest BCUT2D eigenvalue weighted by atomic mass is 32.2. The number of para-hydroxylation sites is 1. The van der Waals surface area contributed by atoms with E-state index in [1.807, 2.05) is 18.2 Å². The molecule has 0 aliphatic rings. The van der Waals surface area contributed by atoms with Gasteiger partial charge in [0.1, 0.15) is 11.6 Å². The van der Waals surface area contributed by atoms with Gasteiger partial charge in [0, 0.05) is 6.54 Å². The monoisotopic (exact) mass is 386 g/mol. The van der Waals surface area contributed by atoms with Gasteiger partial charge in [-0.1, -0.05) is 18.2 Å². The Bertz CT molecular complexity index is 1010. The summed E-state index contributed by atoms with van der Waals surface area (Å²) in [5.41, 5.74) is 0.404. The number of halogens is 1. The lowest BCUT2D eigenvalue weighted by atomic mass is 10.2. The zero-order chi connectivity index (χ0) is 19.4. The Morgan fingerprint density at radius 2 is 2.11 bits per heavy atom. The molecule has 0 N–H and O–H groups in total. The Balaban J connectivity index is 2.07. The Labute approximate surface area is 158 Å². The molecule has 3 rings (SSSR count). The van der Waals surface area contributed by atoms with Crippen molar-refractivity contribution in [1.82, 2.24) is 14.8 Å². The summed E-state index contributed by atoms with van der Waals surface area (Å²) < 4.78 is 20.5. The van der Waals surface area contributed by atoms with Gasteiger partial charge in [0.25, 0.3) is 5.69 Å². The summed E-state index contributed by atoms with van der Waals surface area (Å²) in [5.74, 6) is 0.493. The Kier molecular flexibility index (Phi) is 5.51. The fourth-order valence-electron chi connectivity index (χ4n) is 2.50. The summed E-state index contributed by atoms with van der Waals surface area (Å²) in [7, 11) is 1.56. The van der Waals surface area contributed by atoms with Crippen molar-refractivity contribution in [3.8, 4) is 17.1 Å². The molecule has 7 nitrogen and oxygen atoms in total. The molecule has 3 aromatic rings. The molecule has 0 amide bonds. The maximum atomic E-state index is 13.4. The molecule has 27 heavy (non-hydrogen) atoms. The van der Waals surface area contributed by atoms with Crippen molar-refractivity contribution in [3.63, 3.8) is 0 Å². The van der Waals surface area contributed by atoms with Gasteiger partial charge >= 0.3 is 0 Å². The topological polar surface area (TPSA) is 83.1 Å². The first-order chi connectivity index (χ1) is 13.0. The molecule has 0 saturated heterocycles. The average Bonchev–Trinajstić information content (AvgIpc) is 3.05. The second kappa shape index (κ2) is 8.00. The molecule has 1 aromatic heterocycles. The second-order valence-corrected chi connectivity index (χ2v) is 6.39. The fraction of sp³-hybridized carbons (Fsp3) is 0.111. The van der Waals surface area contributed by atoms with Crippen LogP contribution in [0.15, 0.2) is 65.2 Å². The van der Waals surface area contributed by atoms with E-state index in [2.05, 4.69) is 16.8 Å². The number of methoxy groups -OCH3 is 1. The number of hydrogen-bond acceptors (Lipinski definition) is 6. The summed E-state index contributed by atoms with van der Waals surface area (Å²) in [5, 5.41) is 20.0. The van der Waals surface area contributed by atoms with E-state index in [1.54, 1.807) is 23.8 Å². The van der Waals surface area contributed by atoms with E-state index >= 15 is 0 Å². The van der Waals surface area contributed by atoms with E-state index < -0.39 is 10.7 Å². The number of benzene rings is 2. The number of hydrogen-bond donors (Lipinski definition) is 0. The van der Waals surface area contributed by atoms with Gasteiger partial charge in [0.05, 0.1) is 28.6 Å². The van der Waals surface area contributed by atoms with Gasteiger partial charge in [0.15, 0.2) is 11.0 Å². The molecule has 0 unspecified atom stereocenters. The number of allylic oxidation sites excluding steroid dienone is 1. The summed E-state index contributed by atoms with van der Waals surface area (Å²) in [6.45, 7) is 4.13.